The number of benzene rings is 1. The minimum Gasteiger partial charge on any atom is -0.486 e. The molecular weight excluding hydrogens is 477 g/mol. The molecule has 1 saturated heterocycles. The van der Waals surface area contributed by atoms with Gasteiger partial charge in [-0.3, -0.25) is 9.59 Å². The Balaban J connectivity index is 1.35. The quantitative estimate of drug-likeness (QED) is 0.605. The average molecular weight is 500 g/mol. The third-order valence-electron chi connectivity index (χ3n) is 6.03. The molecule has 0 atom stereocenters. The van der Waals surface area contributed by atoms with E-state index in [-0.39, 0.29) is 42.7 Å². The molecule has 1 aromatic carbocycles. The maximum Gasteiger partial charge on any atom is 0.416 e. The van der Waals surface area contributed by atoms with Crippen LogP contribution in [-0.4, -0.2) is 49.5 Å². The molecular formula is C22H23F3N2O6S. The van der Waals surface area contributed by atoms with E-state index >= 15 is 0 Å². The van der Waals surface area contributed by atoms with E-state index in [4.69, 9.17) is 9.15 Å². The molecule has 1 amide bonds. The molecule has 12 heteroatoms. The number of nitrogens with zero attached hydrogens (tertiary/aromatic N) is 2. The van der Waals surface area contributed by atoms with Gasteiger partial charge in [-0.1, -0.05) is 6.07 Å². The molecule has 184 valence electrons. The largest absolute Gasteiger partial charge is 0.486 e. The summed E-state index contributed by atoms with van der Waals surface area (Å²) in [5, 5.41) is 0. The summed E-state index contributed by atoms with van der Waals surface area (Å²) < 4.78 is 74.4. The first-order valence-electron chi connectivity index (χ1n) is 10.6. The van der Waals surface area contributed by atoms with Crippen LogP contribution in [0.5, 0.6) is 5.75 Å². The van der Waals surface area contributed by atoms with Gasteiger partial charge in [-0.2, -0.15) is 13.2 Å². The van der Waals surface area contributed by atoms with Crippen LogP contribution in [-0.2, 0) is 29.3 Å². The van der Waals surface area contributed by atoms with Crippen molar-refractivity contribution in [2.24, 2.45) is 5.92 Å². The van der Waals surface area contributed by atoms with Gasteiger partial charge in [0.2, 0.25) is 21.2 Å². The van der Waals surface area contributed by atoms with Crippen LogP contribution in [0.3, 0.4) is 0 Å². The van der Waals surface area contributed by atoms with E-state index in [9.17, 15) is 31.2 Å². The number of rotatable bonds is 6. The van der Waals surface area contributed by atoms with Crippen molar-refractivity contribution in [1.82, 2.24) is 9.21 Å². The highest BCUT2D eigenvalue weighted by Crippen LogP contribution is 2.33. The molecule has 2 aromatic rings. The molecule has 4 rings (SSSR count). The molecule has 8 nitrogen and oxygen atoms in total. The van der Waals surface area contributed by atoms with Gasteiger partial charge in [-0.15, -0.1) is 0 Å². The second-order valence-corrected chi connectivity index (χ2v) is 10.5. The number of sulfonamides is 1. The fraction of sp³-hybridized carbons (Fsp3) is 0.455. The first kappa shape index (κ1) is 24.3. The minimum absolute atomic E-state index is 0.000135. The Morgan fingerprint density at radius 3 is 2.47 bits per heavy atom. The van der Waals surface area contributed by atoms with Gasteiger partial charge in [0.25, 0.3) is 5.91 Å². The molecule has 0 N–H and O–H groups in total. The Morgan fingerprint density at radius 1 is 1.15 bits per heavy atom. The average Bonchev–Trinajstić information content (AvgIpc) is 3.07. The molecule has 0 spiro atoms. The number of hydrogen-bond donors (Lipinski definition) is 0. The second-order valence-electron chi connectivity index (χ2n) is 8.52. The number of hydrogen-bond acceptors (Lipinski definition) is 6. The van der Waals surface area contributed by atoms with Crippen molar-refractivity contribution in [2.75, 3.05) is 26.0 Å². The fourth-order valence-electron chi connectivity index (χ4n) is 4.10. The molecule has 34 heavy (non-hydrogen) atoms. The van der Waals surface area contributed by atoms with Crippen LogP contribution in [0.1, 0.15) is 40.1 Å². The summed E-state index contributed by atoms with van der Waals surface area (Å²) in [5.74, 6) is -0.292. The number of piperidine rings is 1. The minimum atomic E-state index is -4.55. The number of fused-ring (bicyclic) bond motifs is 1. The number of halogens is 3. The Hall–Kier alpha value is -2.86. The standard InChI is InChI=1S/C22H23F3N2O6S/c1-34(30,31)27-6-4-14(5-7-27)12-33-20-13-32-17(9-19(20)28)11-26-10-15-2-3-16(22(23,24)25)8-18(15)21(26)29/h2-3,8-9,13-14H,4-7,10-12H2,1H3. The Morgan fingerprint density at radius 2 is 1.85 bits per heavy atom. The maximum atomic E-state index is 12.9. The fourth-order valence-corrected chi connectivity index (χ4v) is 4.97. The molecule has 0 unspecified atom stereocenters. The van der Waals surface area contributed by atoms with Crippen LogP contribution in [0.25, 0.3) is 0 Å². The van der Waals surface area contributed by atoms with E-state index in [1.165, 1.54) is 27.6 Å². The summed E-state index contributed by atoms with van der Waals surface area (Å²) in [5.41, 5.74) is -0.879. The Bertz CT molecular complexity index is 1250. The number of amides is 1. The van der Waals surface area contributed by atoms with Gasteiger partial charge in [0.05, 0.1) is 25.0 Å². The van der Waals surface area contributed by atoms with Crippen molar-refractivity contribution in [3.8, 4) is 5.75 Å². The third-order valence-corrected chi connectivity index (χ3v) is 7.34. The van der Waals surface area contributed by atoms with E-state index in [0.29, 0.717) is 31.5 Å². The number of ether oxygens (including phenoxy) is 1. The normalized spacial score (nSPS) is 17.8. The molecule has 1 aromatic heterocycles. The van der Waals surface area contributed by atoms with Crippen LogP contribution in [0.2, 0.25) is 0 Å². The van der Waals surface area contributed by atoms with Crippen LogP contribution in [0.15, 0.2) is 39.7 Å². The van der Waals surface area contributed by atoms with Gasteiger partial charge >= 0.3 is 6.18 Å². The Labute approximate surface area is 194 Å². The highest BCUT2D eigenvalue weighted by Gasteiger charge is 2.35. The number of carbonyl (C=O) groups is 1. The molecule has 0 aliphatic carbocycles. The third kappa shape index (κ3) is 5.27. The lowest BCUT2D eigenvalue weighted by Gasteiger charge is -2.29. The molecule has 2 aliphatic heterocycles. The zero-order valence-electron chi connectivity index (χ0n) is 18.3. The van der Waals surface area contributed by atoms with Gasteiger partial charge < -0.3 is 14.1 Å². The van der Waals surface area contributed by atoms with Gasteiger partial charge in [0.15, 0.2) is 0 Å². The monoisotopic (exact) mass is 500 g/mol. The van der Waals surface area contributed by atoms with Crippen LogP contribution < -0.4 is 10.2 Å². The number of alkyl halides is 3. The predicted molar refractivity (Wildman–Crippen MR) is 115 cm³/mol. The van der Waals surface area contributed by atoms with Crippen molar-refractivity contribution in [1.29, 1.82) is 0 Å². The van der Waals surface area contributed by atoms with Gasteiger partial charge in [0.1, 0.15) is 12.0 Å². The second kappa shape index (κ2) is 9.06. The summed E-state index contributed by atoms with van der Waals surface area (Å²) in [7, 11) is -3.22. The molecule has 3 heterocycles. The van der Waals surface area contributed by atoms with E-state index in [0.717, 1.165) is 18.4 Å². The van der Waals surface area contributed by atoms with E-state index in [2.05, 4.69) is 0 Å². The summed E-state index contributed by atoms with van der Waals surface area (Å²) in [4.78, 5) is 26.3. The van der Waals surface area contributed by atoms with Crippen LogP contribution >= 0.6 is 0 Å². The van der Waals surface area contributed by atoms with E-state index < -0.39 is 33.1 Å². The molecule has 0 radical (unpaired) electrons. The van der Waals surface area contributed by atoms with Crippen molar-refractivity contribution < 1.29 is 35.5 Å². The lowest BCUT2D eigenvalue weighted by Crippen LogP contribution is -2.39. The first-order chi connectivity index (χ1) is 15.9. The highest BCUT2D eigenvalue weighted by atomic mass is 32.2. The molecule has 0 bridgehead atoms. The molecule has 1 fully saturated rings. The zero-order valence-corrected chi connectivity index (χ0v) is 19.1. The summed E-state index contributed by atoms with van der Waals surface area (Å²) in [6.07, 6.45) is -0.992. The molecule has 0 saturated carbocycles. The van der Waals surface area contributed by atoms with Gasteiger partial charge in [-0.25, -0.2) is 12.7 Å². The SMILES string of the molecule is CS(=O)(=O)N1CCC(COc2coc(CN3Cc4ccc(C(F)(F)F)cc4C3=O)cc2=O)CC1. The zero-order chi connectivity index (χ0) is 24.7. The van der Waals surface area contributed by atoms with Gasteiger partial charge in [0, 0.05) is 31.3 Å². The summed E-state index contributed by atoms with van der Waals surface area (Å²) in [6.45, 7) is 1.08. The highest BCUT2D eigenvalue weighted by molar-refractivity contribution is 7.88. The van der Waals surface area contributed by atoms with Gasteiger partial charge in [-0.05, 0) is 36.5 Å². The maximum absolute atomic E-state index is 12.9. The van der Waals surface area contributed by atoms with Crippen molar-refractivity contribution in [3.05, 3.63) is 63.2 Å². The lowest BCUT2D eigenvalue weighted by molar-refractivity contribution is -0.137. The van der Waals surface area contributed by atoms with Crippen LogP contribution in [0.4, 0.5) is 13.2 Å². The first-order valence-corrected chi connectivity index (χ1v) is 12.5. The molecule has 2 aliphatic rings. The smallest absolute Gasteiger partial charge is 0.416 e. The van der Waals surface area contributed by atoms with E-state index in [1.54, 1.807) is 0 Å². The van der Waals surface area contributed by atoms with Crippen LogP contribution in [0, 0.1) is 5.92 Å². The summed E-state index contributed by atoms with van der Waals surface area (Å²) in [6, 6.07) is 4.25. The van der Waals surface area contributed by atoms with Crippen molar-refractivity contribution in [3.63, 3.8) is 0 Å². The number of carbonyl (C=O) groups excluding carboxylic acids is 1. The predicted octanol–water partition coefficient (Wildman–Crippen LogP) is 2.87. The van der Waals surface area contributed by atoms with Crippen molar-refractivity contribution >= 4 is 15.9 Å². The van der Waals surface area contributed by atoms with Crippen molar-refractivity contribution in [2.45, 2.75) is 32.1 Å². The van der Waals surface area contributed by atoms with E-state index in [1.807, 2.05) is 0 Å². The topological polar surface area (TPSA) is 97.1 Å². The Kier molecular flexibility index (Phi) is 6.47. The lowest BCUT2D eigenvalue weighted by atomic mass is 9.99. The summed E-state index contributed by atoms with van der Waals surface area (Å²) >= 11 is 0.